The van der Waals surface area contributed by atoms with Gasteiger partial charge < -0.3 is 10.2 Å². The molecule has 1 aliphatic heterocycles. The van der Waals surface area contributed by atoms with Crippen LogP contribution in [0.2, 0.25) is 5.02 Å². The number of aromatic nitrogens is 2. The molecule has 0 aliphatic carbocycles. The van der Waals surface area contributed by atoms with Crippen molar-refractivity contribution in [2.75, 3.05) is 23.3 Å². The summed E-state index contributed by atoms with van der Waals surface area (Å²) in [5.41, 5.74) is 1.48. The van der Waals surface area contributed by atoms with E-state index in [1.54, 1.807) is 6.07 Å². The lowest BCUT2D eigenvalue weighted by atomic mass is 9.99. The van der Waals surface area contributed by atoms with Crippen LogP contribution in [0.4, 0.5) is 23.0 Å². The van der Waals surface area contributed by atoms with Gasteiger partial charge in [-0.3, -0.25) is 10.1 Å². The monoisotopic (exact) mass is 361 g/mol. The van der Waals surface area contributed by atoms with Crippen molar-refractivity contribution >= 4 is 34.6 Å². The van der Waals surface area contributed by atoms with Crippen LogP contribution in [0.25, 0.3) is 0 Å². The van der Waals surface area contributed by atoms with Crippen molar-refractivity contribution in [1.29, 1.82) is 0 Å². The molecule has 132 valence electrons. The van der Waals surface area contributed by atoms with Gasteiger partial charge >= 0.3 is 5.69 Å². The van der Waals surface area contributed by atoms with Gasteiger partial charge in [-0.1, -0.05) is 24.6 Å². The third-order valence-corrected chi connectivity index (χ3v) is 4.91. The van der Waals surface area contributed by atoms with Crippen LogP contribution in [0, 0.1) is 23.0 Å². The Morgan fingerprint density at radius 1 is 1.32 bits per heavy atom. The summed E-state index contributed by atoms with van der Waals surface area (Å²) in [6, 6.07) is 5.39. The quantitative estimate of drug-likeness (QED) is 0.644. The zero-order valence-electron chi connectivity index (χ0n) is 14.2. The Morgan fingerprint density at radius 3 is 2.68 bits per heavy atom. The van der Waals surface area contributed by atoms with Crippen molar-refractivity contribution in [2.24, 2.45) is 5.92 Å². The fraction of sp³-hybridized carbons (Fsp3) is 0.412. The topological polar surface area (TPSA) is 84.2 Å². The van der Waals surface area contributed by atoms with Crippen LogP contribution in [0.3, 0.4) is 0 Å². The van der Waals surface area contributed by atoms with Crippen LogP contribution in [-0.2, 0) is 0 Å². The smallest absolute Gasteiger partial charge is 0.351 e. The third kappa shape index (κ3) is 3.82. The van der Waals surface area contributed by atoms with E-state index in [1.165, 1.54) is 6.33 Å². The first-order valence-corrected chi connectivity index (χ1v) is 8.61. The Balaban J connectivity index is 1.95. The van der Waals surface area contributed by atoms with Crippen LogP contribution in [0.15, 0.2) is 24.5 Å². The summed E-state index contributed by atoms with van der Waals surface area (Å²) >= 11 is 6.13. The minimum absolute atomic E-state index is 0.103. The molecule has 1 aromatic carbocycles. The molecule has 0 spiro atoms. The second kappa shape index (κ2) is 7.23. The SMILES string of the molecule is Cc1ccc(Nc2ncnc(N3CCC(C)CC3)c2[N+](=O)[O-])cc1Cl. The number of hydrogen-bond acceptors (Lipinski definition) is 6. The fourth-order valence-electron chi connectivity index (χ4n) is 2.89. The lowest BCUT2D eigenvalue weighted by molar-refractivity contribution is -0.383. The van der Waals surface area contributed by atoms with Gasteiger partial charge in [0, 0.05) is 23.8 Å². The zero-order chi connectivity index (χ0) is 18.0. The Bertz CT molecular complexity index is 791. The van der Waals surface area contributed by atoms with E-state index in [0.717, 1.165) is 31.5 Å². The molecule has 1 N–H and O–H groups in total. The molecule has 0 radical (unpaired) electrons. The van der Waals surface area contributed by atoms with Crippen LogP contribution in [-0.4, -0.2) is 28.0 Å². The van der Waals surface area contributed by atoms with Gasteiger partial charge in [0.25, 0.3) is 0 Å². The Morgan fingerprint density at radius 2 is 2.04 bits per heavy atom. The van der Waals surface area contributed by atoms with Crippen LogP contribution >= 0.6 is 11.6 Å². The number of benzene rings is 1. The molecule has 1 aromatic heterocycles. The van der Waals surface area contributed by atoms with Gasteiger partial charge in [-0.25, -0.2) is 9.97 Å². The Labute approximate surface area is 151 Å². The summed E-state index contributed by atoms with van der Waals surface area (Å²) in [6.45, 7) is 5.61. The van der Waals surface area contributed by atoms with Gasteiger partial charge in [-0.15, -0.1) is 0 Å². The largest absolute Gasteiger partial charge is 0.353 e. The number of anilines is 3. The number of nitrogens with zero attached hydrogens (tertiary/aromatic N) is 4. The number of piperidine rings is 1. The summed E-state index contributed by atoms with van der Waals surface area (Å²) in [5.74, 6) is 1.17. The molecular weight excluding hydrogens is 342 g/mol. The second-order valence-corrected chi connectivity index (χ2v) is 6.82. The van der Waals surface area contributed by atoms with E-state index >= 15 is 0 Å². The molecule has 0 amide bonds. The summed E-state index contributed by atoms with van der Waals surface area (Å²) in [5, 5.41) is 15.3. The average Bonchev–Trinajstić information content (AvgIpc) is 2.58. The molecule has 1 fully saturated rings. The molecule has 7 nitrogen and oxygen atoms in total. The van der Waals surface area contributed by atoms with E-state index in [0.29, 0.717) is 22.4 Å². The maximum absolute atomic E-state index is 11.7. The lowest BCUT2D eigenvalue weighted by Gasteiger charge is -2.30. The Hall–Kier alpha value is -2.41. The van der Waals surface area contributed by atoms with Crippen molar-refractivity contribution in [3.63, 3.8) is 0 Å². The second-order valence-electron chi connectivity index (χ2n) is 6.41. The van der Waals surface area contributed by atoms with Crippen molar-refractivity contribution in [3.05, 3.63) is 45.2 Å². The molecule has 0 bridgehead atoms. The fourth-order valence-corrected chi connectivity index (χ4v) is 3.07. The summed E-state index contributed by atoms with van der Waals surface area (Å²) in [7, 11) is 0. The van der Waals surface area contributed by atoms with Gasteiger partial charge in [-0.05, 0) is 43.4 Å². The predicted octanol–water partition coefficient (Wildman–Crippen LogP) is 4.33. The van der Waals surface area contributed by atoms with Crippen molar-refractivity contribution in [3.8, 4) is 0 Å². The highest BCUT2D eigenvalue weighted by atomic mass is 35.5. The van der Waals surface area contributed by atoms with E-state index in [1.807, 2.05) is 24.0 Å². The minimum atomic E-state index is -0.425. The van der Waals surface area contributed by atoms with Gasteiger partial charge in [-0.2, -0.15) is 0 Å². The highest BCUT2D eigenvalue weighted by Crippen LogP contribution is 2.35. The predicted molar refractivity (Wildman–Crippen MR) is 98.8 cm³/mol. The normalized spacial score (nSPS) is 15.2. The molecule has 2 aromatic rings. The molecule has 0 unspecified atom stereocenters. The summed E-state index contributed by atoms with van der Waals surface area (Å²) in [4.78, 5) is 21.5. The molecular formula is C17H20ClN5O2. The average molecular weight is 362 g/mol. The van der Waals surface area contributed by atoms with Gasteiger partial charge in [0.15, 0.2) is 0 Å². The molecule has 0 saturated carbocycles. The molecule has 0 atom stereocenters. The molecule has 1 saturated heterocycles. The van der Waals surface area contributed by atoms with Crippen molar-refractivity contribution in [1.82, 2.24) is 9.97 Å². The summed E-state index contributed by atoms with van der Waals surface area (Å²) in [6.07, 6.45) is 3.35. The van der Waals surface area contributed by atoms with Gasteiger partial charge in [0.05, 0.1) is 4.92 Å². The molecule has 1 aliphatic rings. The third-order valence-electron chi connectivity index (χ3n) is 4.50. The first kappa shape index (κ1) is 17.4. The van der Waals surface area contributed by atoms with Gasteiger partial charge in [0.2, 0.25) is 11.6 Å². The number of halogens is 1. The number of nitrogens with one attached hydrogen (secondary N) is 1. The van der Waals surface area contributed by atoms with E-state index in [-0.39, 0.29) is 11.5 Å². The van der Waals surface area contributed by atoms with Crippen molar-refractivity contribution in [2.45, 2.75) is 26.7 Å². The minimum Gasteiger partial charge on any atom is -0.351 e. The number of nitro groups is 1. The van der Waals surface area contributed by atoms with Crippen molar-refractivity contribution < 1.29 is 4.92 Å². The molecule has 3 rings (SSSR count). The first-order valence-electron chi connectivity index (χ1n) is 8.23. The molecule has 8 heteroatoms. The number of hydrogen-bond donors (Lipinski definition) is 1. The molecule has 25 heavy (non-hydrogen) atoms. The number of rotatable bonds is 4. The highest BCUT2D eigenvalue weighted by Gasteiger charge is 2.29. The van der Waals surface area contributed by atoms with E-state index < -0.39 is 4.92 Å². The first-order chi connectivity index (χ1) is 12.0. The number of aryl methyl sites for hydroxylation is 1. The maximum atomic E-state index is 11.7. The lowest BCUT2D eigenvalue weighted by Crippen LogP contribution is -2.34. The maximum Gasteiger partial charge on any atom is 0.353 e. The standard InChI is InChI=1S/C17H20ClN5O2/c1-11-5-7-22(8-6-11)17-15(23(24)25)16(19-10-20-17)21-13-4-3-12(2)14(18)9-13/h3-4,9-11H,5-8H2,1-2H3,(H,19,20,21). The summed E-state index contributed by atoms with van der Waals surface area (Å²) < 4.78 is 0. The van der Waals surface area contributed by atoms with Crippen LogP contribution < -0.4 is 10.2 Å². The zero-order valence-corrected chi connectivity index (χ0v) is 15.0. The van der Waals surface area contributed by atoms with E-state index in [4.69, 9.17) is 11.6 Å². The van der Waals surface area contributed by atoms with E-state index in [2.05, 4.69) is 22.2 Å². The van der Waals surface area contributed by atoms with E-state index in [9.17, 15) is 10.1 Å². The van der Waals surface area contributed by atoms with Gasteiger partial charge in [0.1, 0.15) is 6.33 Å². The van der Waals surface area contributed by atoms with Crippen LogP contribution in [0.1, 0.15) is 25.3 Å². The Kier molecular flexibility index (Phi) is 5.03. The highest BCUT2D eigenvalue weighted by molar-refractivity contribution is 6.31. The van der Waals surface area contributed by atoms with Crippen LogP contribution in [0.5, 0.6) is 0 Å². The molecule has 2 heterocycles.